The first kappa shape index (κ1) is 19.2. The third kappa shape index (κ3) is 5.73. The van der Waals surface area contributed by atoms with Gasteiger partial charge in [0.2, 0.25) is 10.0 Å². The van der Waals surface area contributed by atoms with Crippen LogP contribution < -0.4 is 19.5 Å². The van der Waals surface area contributed by atoms with Crippen molar-refractivity contribution in [2.45, 2.75) is 6.54 Å². The minimum Gasteiger partial charge on any atom is -0.493 e. The van der Waals surface area contributed by atoms with E-state index in [0.717, 1.165) is 4.88 Å². The van der Waals surface area contributed by atoms with E-state index >= 15 is 0 Å². The van der Waals surface area contributed by atoms with Crippen molar-refractivity contribution in [3.05, 3.63) is 46.2 Å². The van der Waals surface area contributed by atoms with Gasteiger partial charge in [0.05, 0.1) is 20.0 Å². The molecule has 0 fully saturated rings. The van der Waals surface area contributed by atoms with E-state index < -0.39 is 10.0 Å². The van der Waals surface area contributed by atoms with Crippen molar-refractivity contribution in [3.8, 4) is 11.5 Å². The Kier molecular flexibility index (Phi) is 6.80. The number of thiophene rings is 1. The molecule has 0 radical (unpaired) electrons. The van der Waals surface area contributed by atoms with Crippen molar-refractivity contribution in [2.24, 2.45) is 0 Å². The fourth-order valence-electron chi connectivity index (χ4n) is 2.04. The summed E-state index contributed by atoms with van der Waals surface area (Å²) in [6.45, 7) is 0.260. The van der Waals surface area contributed by atoms with Gasteiger partial charge in [-0.05, 0) is 29.6 Å². The molecule has 9 heteroatoms. The average Bonchev–Trinajstić information content (AvgIpc) is 3.12. The Labute approximate surface area is 151 Å². The van der Waals surface area contributed by atoms with E-state index in [1.165, 1.54) is 31.6 Å². The number of hydrogen-bond donors (Lipinski definition) is 2. The smallest absolute Gasteiger partial charge is 0.251 e. The third-order valence-corrected chi connectivity index (χ3v) is 5.55. The minimum atomic E-state index is -3.46. The first-order chi connectivity index (χ1) is 11.9. The number of carbonyl (C=O) groups excluding carboxylic acids is 1. The van der Waals surface area contributed by atoms with Crippen molar-refractivity contribution in [1.29, 1.82) is 0 Å². The first-order valence-corrected chi connectivity index (χ1v) is 9.98. The highest BCUT2D eigenvalue weighted by atomic mass is 32.2. The molecule has 2 N–H and O–H groups in total. The fourth-order valence-corrected chi connectivity index (χ4v) is 3.67. The van der Waals surface area contributed by atoms with Crippen LogP contribution in [0.3, 0.4) is 0 Å². The number of sulfonamides is 1. The third-order valence-electron chi connectivity index (χ3n) is 3.35. The summed E-state index contributed by atoms with van der Waals surface area (Å²) < 4.78 is 36.6. The van der Waals surface area contributed by atoms with Crippen LogP contribution in [-0.4, -0.2) is 40.8 Å². The van der Waals surface area contributed by atoms with Crippen molar-refractivity contribution >= 4 is 27.3 Å². The molecule has 0 atom stereocenters. The van der Waals surface area contributed by atoms with Gasteiger partial charge < -0.3 is 14.8 Å². The minimum absolute atomic E-state index is 0.00690. The lowest BCUT2D eigenvalue weighted by molar-refractivity contribution is 0.0955. The number of carbonyl (C=O) groups is 1. The summed E-state index contributed by atoms with van der Waals surface area (Å²) in [5, 5.41) is 4.47. The molecule has 1 aromatic heterocycles. The zero-order valence-corrected chi connectivity index (χ0v) is 15.6. The lowest BCUT2D eigenvalue weighted by atomic mass is 10.2. The van der Waals surface area contributed by atoms with Gasteiger partial charge in [0.15, 0.2) is 11.5 Å². The molecule has 1 heterocycles. The van der Waals surface area contributed by atoms with Gasteiger partial charge in [-0.2, -0.15) is 0 Å². The van der Waals surface area contributed by atoms with Crippen LogP contribution in [0.1, 0.15) is 15.2 Å². The second-order valence-corrected chi connectivity index (χ2v) is 8.00. The van der Waals surface area contributed by atoms with Crippen LogP contribution in [0, 0.1) is 0 Å². The lowest BCUT2D eigenvalue weighted by Gasteiger charge is -2.10. The molecule has 0 aliphatic rings. The maximum atomic E-state index is 12.1. The highest BCUT2D eigenvalue weighted by Crippen LogP contribution is 2.27. The maximum absolute atomic E-state index is 12.1. The zero-order valence-electron chi connectivity index (χ0n) is 13.9. The standard InChI is InChI=1S/C16H20N2O5S2/c1-22-14-6-5-12(10-15(14)23-2)16(19)17-7-9-25(20,21)18-11-13-4-3-8-24-13/h3-6,8,10,18H,7,9,11H2,1-2H3,(H,17,19). The van der Waals surface area contributed by atoms with Gasteiger partial charge in [-0.25, -0.2) is 13.1 Å². The molecule has 1 amide bonds. The van der Waals surface area contributed by atoms with Crippen LogP contribution in [0.15, 0.2) is 35.7 Å². The van der Waals surface area contributed by atoms with E-state index in [9.17, 15) is 13.2 Å². The molecule has 0 saturated heterocycles. The first-order valence-electron chi connectivity index (χ1n) is 7.45. The van der Waals surface area contributed by atoms with Crippen LogP contribution in [-0.2, 0) is 16.6 Å². The van der Waals surface area contributed by atoms with Crippen LogP contribution in [0.4, 0.5) is 0 Å². The number of amides is 1. The molecule has 0 aliphatic heterocycles. The van der Waals surface area contributed by atoms with E-state index in [-0.39, 0.29) is 24.7 Å². The Morgan fingerprint density at radius 3 is 2.56 bits per heavy atom. The zero-order chi connectivity index (χ0) is 18.3. The second-order valence-electron chi connectivity index (χ2n) is 5.05. The summed E-state index contributed by atoms with van der Waals surface area (Å²) in [4.78, 5) is 13.1. The van der Waals surface area contributed by atoms with E-state index in [2.05, 4.69) is 10.0 Å². The van der Waals surface area contributed by atoms with Crippen molar-refractivity contribution in [1.82, 2.24) is 10.0 Å². The van der Waals surface area contributed by atoms with Crippen molar-refractivity contribution in [2.75, 3.05) is 26.5 Å². The Hall–Kier alpha value is -2.10. The van der Waals surface area contributed by atoms with Crippen molar-refractivity contribution in [3.63, 3.8) is 0 Å². The molecular formula is C16H20N2O5S2. The molecule has 0 bridgehead atoms. The molecule has 25 heavy (non-hydrogen) atoms. The second kappa shape index (κ2) is 8.84. The Morgan fingerprint density at radius 2 is 1.92 bits per heavy atom. The molecule has 0 aliphatic carbocycles. The van der Waals surface area contributed by atoms with Crippen molar-refractivity contribution < 1.29 is 22.7 Å². The molecule has 136 valence electrons. The molecule has 7 nitrogen and oxygen atoms in total. The number of benzene rings is 1. The molecule has 0 saturated carbocycles. The van der Waals surface area contributed by atoms with E-state index in [0.29, 0.717) is 17.1 Å². The summed E-state index contributed by atoms with van der Waals surface area (Å²) in [6, 6.07) is 8.45. The van der Waals surface area contributed by atoms with Gasteiger partial charge in [-0.3, -0.25) is 4.79 Å². The largest absolute Gasteiger partial charge is 0.493 e. The van der Waals surface area contributed by atoms with Gasteiger partial charge in [0.1, 0.15) is 0 Å². The van der Waals surface area contributed by atoms with Gasteiger partial charge in [0.25, 0.3) is 5.91 Å². The van der Waals surface area contributed by atoms with Crippen LogP contribution in [0.25, 0.3) is 0 Å². The van der Waals surface area contributed by atoms with Gasteiger partial charge in [-0.1, -0.05) is 6.07 Å². The van der Waals surface area contributed by atoms with E-state index in [1.807, 2.05) is 17.5 Å². The summed E-state index contributed by atoms with van der Waals surface area (Å²) >= 11 is 1.48. The molecule has 0 spiro atoms. The summed E-state index contributed by atoms with van der Waals surface area (Å²) in [5.74, 6) is 0.367. The fraction of sp³-hybridized carbons (Fsp3) is 0.312. The SMILES string of the molecule is COc1ccc(C(=O)NCCS(=O)(=O)NCc2cccs2)cc1OC. The number of methoxy groups -OCH3 is 2. The maximum Gasteiger partial charge on any atom is 0.251 e. The Bertz CT molecular complexity index is 804. The molecule has 2 rings (SSSR count). The number of rotatable bonds is 9. The number of nitrogens with one attached hydrogen (secondary N) is 2. The highest BCUT2D eigenvalue weighted by Gasteiger charge is 2.13. The molecule has 0 unspecified atom stereocenters. The van der Waals surface area contributed by atoms with E-state index in [4.69, 9.17) is 9.47 Å². The normalized spacial score (nSPS) is 11.1. The number of ether oxygens (including phenoxy) is 2. The van der Waals surface area contributed by atoms with E-state index in [1.54, 1.807) is 12.1 Å². The predicted molar refractivity (Wildman–Crippen MR) is 96.8 cm³/mol. The average molecular weight is 384 g/mol. The molecule has 1 aromatic carbocycles. The molecular weight excluding hydrogens is 364 g/mol. The summed E-state index contributed by atoms with van der Waals surface area (Å²) in [7, 11) is -0.479. The quantitative estimate of drug-likeness (QED) is 0.685. The topological polar surface area (TPSA) is 93.7 Å². The monoisotopic (exact) mass is 384 g/mol. The Morgan fingerprint density at radius 1 is 1.16 bits per heavy atom. The van der Waals surface area contributed by atoms with Crippen LogP contribution in [0.5, 0.6) is 11.5 Å². The molecule has 2 aromatic rings. The van der Waals surface area contributed by atoms with Gasteiger partial charge >= 0.3 is 0 Å². The predicted octanol–water partition coefficient (Wildman–Crippen LogP) is 1.61. The van der Waals surface area contributed by atoms with Crippen LogP contribution in [0.2, 0.25) is 0 Å². The number of hydrogen-bond acceptors (Lipinski definition) is 6. The summed E-state index contributed by atoms with van der Waals surface area (Å²) in [5.41, 5.74) is 0.363. The Balaban J connectivity index is 1.85. The summed E-state index contributed by atoms with van der Waals surface area (Å²) in [6.07, 6.45) is 0. The highest BCUT2D eigenvalue weighted by molar-refractivity contribution is 7.89. The van der Waals surface area contributed by atoms with Gasteiger partial charge in [0, 0.05) is 23.5 Å². The van der Waals surface area contributed by atoms with Gasteiger partial charge in [-0.15, -0.1) is 11.3 Å². The lowest BCUT2D eigenvalue weighted by Crippen LogP contribution is -2.34. The van der Waals surface area contributed by atoms with Crippen LogP contribution >= 0.6 is 11.3 Å².